The maximum absolute atomic E-state index is 4.27. The molecule has 0 aliphatic carbocycles. The molecule has 0 amide bonds. The summed E-state index contributed by atoms with van der Waals surface area (Å²) in [5, 5.41) is 2.10. The zero-order valence-electron chi connectivity index (χ0n) is 8.76. The van der Waals surface area contributed by atoms with Gasteiger partial charge in [-0.25, -0.2) is 4.98 Å². The summed E-state index contributed by atoms with van der Waals surface area (Å²) >= 11 is 1.65. The van der Waals surface area contributed by atoms with Crippen LogP contribution in [0.3, 0.4) is 0 Å². The van der Waals surface area contributed by atoms with Gasteiger partial charge in [-0.05, 0) is 12.6 Å². The van der Waals surface area contributed by atoms with E-state index in [-0.39, 0.29) is 0 Å². The Hall–Kier alpha value is -1.19. The second kappa shape index (κ2) is 5.05. The molecule has 2 nitrogen and oxygen atoms in total. The fourth-order valence-electron chi connectivity index (χ4n) is 1.54. The van der Waals surface area contributed by atoms with Crippen LogP contribution >= 0.6 is 11.3 Å². The van der Waals surface area contributed by atoms with E-state index in [9.17, 15) is 0 Å². The first-order chi connectivity index (χ1) is 7.34. The highest BCUT2D eigenvalue weighted by Gasteiger charge is 2.02. The van der Waals surface area contributed by atoms with Crippen molar-refractivity contribution < 1.29 is 0 Å². The van der Waals surface area contributed by atoms with Crippen molar-refractivity contribution >= 4 is 11.3 Å². The number of benzene rings is 1. The van der Waals surface area contributed by atoms with Gasteiger partial charge in [0.2, 0.25) is 0 Å². The zero-order valence-corrected chi connectivity index (χ0v) is 9.57. The number of nitrogens with zero attached hydrogens (tertiary/aromatic N) is 2. The van der Waals surface area contributed by atoms with Gasteiger partial charge in [0.15, 0.2) is 0 Å². The Labute approximate surface area is 94.2 Å². The molecular formula is C12H14N2S. The van der Waals surface area contributed by atoms with Crippen LogP contribution in [0.4, 0.5) is 0 Å². The maximum atomic E-state index is 4.27. The molecule has 3 heteroatoms. The molecule has 0 saturated heterocycles. The fraction of sp³-hybridized carbons (Fsp3) is 0.250. The van der Waals surface area contributed by atoms with E-state index < -0.39 is 0 Å². The molecular weight excluding hydrogens is 204 g/mol. The van der Waals surface area contributed by atoms with Crippen LogP contribution in [0.5, 0.6) is 0 Å². The summed E-state index contributed by atoms with van der Waals surface area (Å²) in [7, 11) is 2.12. The molecule has 0 bridgehead atoms. The van der Waals surface area contributed by atoms with Gasteiger partial charge in [-0.15, -0.1) is 11.3 Å². The molecule has 0 unspecified atom stereocenters. The predicted octanol–water partition coefficient (Wildman–Crippen LogP) is 2.78. The van der Waals surface area contributed by atoms with E-state index >= 15 is 0 Å². The fourth-order valence-corrected chi connectivity index (χ4v) is 2.09. The number of hydrogen-bond acceptors (Lipinski definition) is 3. The van der Waals surface area contributed by atoms with E-state index in [2.05, 4.69) is 46.6 Å². The van der Waals surface area contributed by atoms with E-state index in [1.165, 1.54) is 5.56 Å². The third-order valence-corrected chi connectivity index (χ3v) is 2.85. The van der Waals surface area contributed by atoms with Crippen LogP contribution in [0.1, 0.15) is 11.3 Å². The topological polar surface area (TPSA) is 16.1 Å². The summed E-state index contributed by atoms with van der Waals surface area (Å²) in [6.45, 7) is 1.89. The van der Waals surface area contributed by atoms with Crippen molar-refractivity contribution in [1.82, 2.24) is 9.88 Å². The standard InChI is InChI=1S/C12H14N2S/c1-14(8-12-9-15-10-13-12)7-11-5-3-2-4-6-11/h2-6,9-10H,7-8H2,1H3. The molecule has 1 aromatic heterocycles. The zero-order chi connectivity index (χ0) is 10.5. The van der Waals surface area contributed by atoms with E-state index in [0.29, 0.717) is 0 Å². The molecule has 15 heavy (non-hydrogen) atoms. The highest BCUT2D eigenvalue weighted by molar-refractivity contribution is 7.07. The number of aromatic nitrogens is 1. The summed E-state index contributed by atoms with van der Waals surface area (Å²) in [6, 6.07) is 10.5. The minimum atomic E-state index is 0.915. The highest BCUT2D eigenvalue weighted by atomic mass is 32.1. The quantitative estimate of drug-likeness (QED) is 0.784. The molecule has 0 fully saturated rings. The first kappa shape index (κ1) is 10.3. The molecule has 1 heterocycles. The normalized spacial score (nSPS) is 10.8. The summed E-state index contributed by atoms with van der Waals surface area (Å²) in [5.41, 5.74) is 4.37. The van der Waals surface area contributed by atoms with Crippen LogP contribution < -0.4 is 0 Å². The van der Waals surface area contributed by atoms with Crippen molar-refractivity contribution in [3.05, 3.63) is 52.5 Å². The van der Waals surface area contributed by atoms with Gasteiger partial charge in [0.25, 0.3) is 0 Å². The van der Waals surface area contributed by atoms with Crippen molar-refractivity contribution in [1.29, 1.82) is 0 Å². The largest absolute Gasteiger partial charge is 0.296 e. The Morgan fingerprint density at radius 2 is 2.00 bits per heavy atom. The molecule has 78 valence electrons. The van der Waals surface area contributed by atoms with Crippen LogP contribution in [-0.4, -0.2) is 16.9 Å². The Balaban J connectivity index is 1.90. The van der Waals surface area contributed by atoms with E-state index in [1.54, 1.807) is 11.3 Å². The van der Waals surface area contributed by atoms with E-state index in [1.807, 2.05) is 11.6 Å². The molecule has 1 aromatic carbocycles. The molecule has 0 aliphatic heterocycles. The van der Waals surface area contributed by atoms with Gasteiger partial charge in [0.1, 0.15) is 0 Å². The minimum absolute atomic E-state index is 0.915. The van der Waals surface area contributed by atoms with Crippen LogP contribution in [-0.2, 0) is 13.1 Å². The molecule has 0 aliphatic rings. The van der Waals surface area contributed by atoms with Crippen molar-refractivity contribution in [2.45, 2.75) is 13.1 Å². The monoisotopic (exact) mass is 218 g/mol. The summed E-state index contributed by atoms with van der Waals surface area (Å²) in [6.07, 6.45) is 0. The van der Waals surface area contributed by atoms with Crippen molar-refractivity contribution in [3.63, 3.8) is 0 Å². The van der Waals surface area contributed by atoms with Gasteiger partial charge in [0, 0.05) is 18.5 Å². The molecule has 0 radical (unpaired) electrons. The first-order valence-corrected chi connectivity index (χ1v) is 5.88. The van der Waals surface area contributed by atoms with Crippen molar-refractivity contribution in [3.8, 4) is 0 Å². The molecule has 2 aromatic rings. The Kier molecular flexibility index (Phi) is 3.48. The lowest BCUT2D eigenvalue weighted by Crippen LogP contribution is -2.17. The predicted molar refractivity (Wildman–Crippen MR) is 63.7 cm³/mol. The Morgan fingerprint density at radius 3 is 2.67 bits per heavy atom. The maximum Gasteiger partial charge on any atom is 0.0795 e. The second-order valence-corrected chi connectivity index (χ2v) is 4.36. The summed E-state index contributed by atoms with van der Waals surface area (Å²) in [4.78, 5) is 6.54. The van der Waals surface area contributed by atoms with Gasteiger partial charge >= 0.3 is 0 Å². The first-order valence-electron chi connectivity index (χ1n) is 4.94. The number of hydrogen-bond donors (Lipinski definition) is 0. The van der Waals surface area contributed by atoms with Gasteiger partial charge in [-0.1, -0.05) is 30.3 Å². The number of rotatable bonds is 4. The van der Waals surface area contributed by atoms with Gasteiger partial charge in [-0.2, -0.15) is 0 Å². The lowest BCUT2D eigenvalue weighted by molar-refractivity contribution is 0.316. The van der Waals surface area contributed by atoms with Gasteiger partial charge < -0.3 is 0 Å². The van der Waals surface area contributed by atoms with Crippen molar-refractivity contribution in [2.75, 3.05) is 7.05 Å². The lowest BCUT2D eigenvalue weighted by Gasteiger charge is -2.14. The summed E-state index contributed by atoms with van der Waals surface area (Å²) < 4.78 is 0. The van der Waals surface area contributed by atoms with Gasteiger partial charge in [-0.3, -0.25) is 4.90 Å². The molecule has 2 rings (SSSR count). The van der Waals surface area contributed by atoms with Crippen LogP contribution in [0.2, 0.25) is 0 Å². The summed E-state index contributed by atoms with van der Waals surface area (Å²) in [5.74, 6) is 0. The molecule has 0 atom stereocenters. The third-order valence-electron chi connectivity index (χ3n) is 2.21. The van der Waals surface area contributed by atoms with Crippen molar-refractivity contribution in [2.24, 2.45) is 0 Å². The van der Waals surface area contributed by atoms with Crippen LogP contribution in [0.25, 0.3) is 0 Å². The minimum Gasteiger partial charge on any atom is -0.296 e. The highest BCUT2D eigenvalue weighted by Crippen LogP contribution is 2.07. The Bertz CT molecular complexity index is 383. The number of thiazole rings is 1. The smallest absolute Gasteiger partial charge is 0.0795 e. The van der Waals surface area contributed by atoms with Gasteiger partial charge in [0.05, 0.1) is 11.2 Å². The molecule has 0 N–H and O–H groups in total. The Morgan fingerprint density at radius 1 is 1.20 bits per heavy atom. The van der Waals surface area contributed by atoms with Crippen LogP contribution in [0, 0.1) is 0 Å². The van der Waals surface area contributed by atoms with E-state index in [4.69, 9.17) is 0 Å². The molecule has 0 saturated carbocycles. The average Bonchev–Trinajstić information content (AvgIpc) is 2.71. The average molecular weight is 218 g/mol. The lowest BCUT2D eigenvalue weighted by atomic mass is 10.2. The second-order valence-electron chi connectivity index (χ2n) is 3.64. The van der Waals surface area contributed by atoms with Crippen LogP contribution in [0.15, 0.2) is 41.2 Å². The van der Waals surface area contributed by atoms with E-state index in [0.717, 1.165) is 18.8 Å². The third kappa shape index (κ3) is 3.15. The molecule has 0 spiro atoms. The SMILES string of the molecule is CN(Cc1ccccc1)Cc1cscn1.